The molecule has 0 bridgehead atoms. The molecule has 0 radical (unpaired) electrons. The van der Waals surface area contributed by atoms with E-state index in [0.717, 1.165) is 52.0 Å². The molecule has 1 heterocycles. The minimum atomic E-state index is 0.125. The van der Waals surface area contributed by atoms with E-state index < -0.39 is 0 Å². The maximum atomic E-state index is 12.1. The quantitative estimate of drug-likeness (QED) is 0.761. The van der Waals surface area contributed by atoms with Crippen molar-refractivity contribution in [1.29, 1.82) is 0 Å². The monoisotopic (exact) mass is 283 g/mol. The Kier molecular flexibility index (Phi) is 6.26. The van der Waals surface area contributed by atoms with E-state index in [4.69, 9.17) is 0 Å². The first-order chi connectivity index (χ1) is 9.72. The van der Waals surface area contributed by atoms with Crippen LogP contribution in [0.5, 0.6) is 0 Å². The Labute approximate surface area is 122 Å². The van der Waals surface area contributed by atoms with Crippen molar-refractivity contribution >= 4 is 5.91 Å². The standard InChI is InChI=1S/C15H29N3O2/c1-2-17-7-9-18(10-8-17)11-15(20)16-14-6-4-3-5-13(14)12-19/h13-14,19H,2-12H2,1H3,(H,16,20). The number of rotatable bonds is 5. The second-order valence-electron chi connectivity index (χ2n) is 6.11. The van der Waals surface area contributed by atoms with Crippen LogP contribution in [-0.4, -0.2) is 72.7 Å². The molecule has 1 aliphatic heterocycles. The van der Waals surface area contributed by atoms with Gasteiger partial charge in [0.05, 0.1) is 6.54 Å². The van der Waals surface area contributed by atoms with Gasteiger partial charge in [0, 0.05) is 44.7 Å². The van der Waals surface area contributed by atoms with Crippen LogP contribution in [0.2, 0.25) is 0 Å². The van der Waals surface area contributed by atoms with E-state index in [1.807, 2.05) is 0 Å². The van der Waals surface area contributed by atoms with Crippen LogP contribution in [0.3, 0.4) is 0 Å². The summed E-state index contributed by atoms with van der Waals surface area (Å²) in [6.07, 6.45) is 4.39. The number of amides is 1. The van der Waals surface area contributed by atoms with Gasteiger partial charge < -0.3 is 15.3 Å². The van der Waals surface area contributed by atoms with Crippen LogP contribution < -0.4 is 5.32 Å². The van der Waals surface area contributed by atoms with Gasteiger partial charge >= 0.3 is 0 Å². The highest BCUT2D eigenvalue weighted by atomic mass is 16.3. The lowest BCUT2D eigenvalue weighted by Crippen LogP contribution is -2.51. The third kappa shape index (κ3) is 4.43. The minimum absolute atomic E-state index is 0.125. The molecule has 2 aliphatic rings. The van der Waals surface area contributed by atoms with Gasteiger partial charge in [0.15, 0.2) is 0 Å². The molecule has 2 fully saturated rings. The number of likely N-dealkylation sites (N-methyl/N-ethyl adjacent to an activating group) is 1. The fourth-order valence-corrected chi connectivity index (χ4v) is 3.34. The summed E-state index contributed by atoms with van der Waals surface area (Å²) in [5.41, 5.74) is 0. The molecule has 0 aromatic rings. The molecule has 2 unspecified atom stereocenters. The van der Waals surface area contributed by atoms with Gasteiger partial charge in [-0.2, -0.15) is 0 Å². The summed E-state index contributed by atoms with van der Waals surface area (Å²) in [5.74, 6) is 0.380. The Morgan fingerprint density at radius 3 is 2.45 bits per heavy atom. The molecule has 2 rings (SSSR count). The predicted octanol–water partition coefficient (Wildman–Crippen LogP) is 0.291. The van der Waals surface area contributed by atoms with E-state index in [2.05, 4.69) is 22.0 Å². The molecule has 0 aromatic carbocycles. The van der Waals surface area contributed by atoms with Gasteiger partial charge in [-0.05, 0) is 19.4 Å². The molecular weight excluding hydrogens is 254 g/mol. The SMILES string of the molecule is CCN1CCN(CC(=O)NC2CCCCC2CO)CC1. The van der Waals surface area contributed by atoms with E-state index in [1.165, 1.54) is 6.42 Å². The molecule has 2 atom stereocenters. The third-order valence-corrected chi connectivity index (χ3v) is 4.77. The lowest BCUT2D eigenvalue weighted by molar-refractivity contribution is -0.124. The highest BCUT2D eigenvalue weighted by molar-refractivity contribution is 5.78. The smallest absolute Gasteiger partial charge is 0.234 e. The first kappa shape index (κ1) is 15.7. The second kappa shape index (κ2) is 7.96. The van der Waals surface area contributed by atoms with Crippen LogP contribution in [-0.2, 0) is 4.79 Å². The van der Waals surface area contributed by atoms with E-state index in [9.17, 15) is 9.90 Å². The molecule has 116 valence electrons. The largest absolute Gasteiger partial charge is 0.396 e. The van der Waals surface area contributed by atoms with E-state index in [-0.39, 0.29) is 24.5 Å². The molecule has 1 saturated carbocycles. The van der Waals surface area contributed by atoms with E-state index >= 15 is 0 Å². The highest BCUT2D eigenvalue weighted by Crippen LogP contribution is 2.23. The molecular formula is C15H29N3O2. The summed E-state index contributed by atoms with van der Waals surface area (Å²) >= 11 is 0. The topological polar surface area (TPSA) is 55.8 Å². The molecule has 2 N–H and O–H groups in total. The average molecular weight is 283 g/mol. The summed E-state index contributed by atoms with van der Waals surface area (Å²) in [4.78, 5) is 16.8. The molecule has 5 nitrogen and oxygen atoms in total. The predicted molar refractivity (Wildman–Crippen MR) is 79.5 cm³/mol. The molecule has 1 amide bonds. The number of hydrogen-bond acceptors (Lipinski definition) is 4. The van der Waals surface area contributed by atoms with Gasteiger partial charge in [-0.15, -0.1) is 0 Å². The van der Waals surface area contributed by atoms with Gasteiger partial charge in [-0.25, -0.2) is 0 Å². The first-order valence-electron chi connectivity index (χ1n) is 8.08. The Bertz CT molecular complexity index is 303. The molecule has 0 aromatic heterocycles. The molecule has 20 heavy (non-hydrogen) atoms. The summed E-state index contributed by atoms with van der Waals surface area (Å²) in [6.45, 7) is 8.07. The van der Waals surface area contributed by atoms with Gasteiger partial charge in [0.2, 0.25) is 5.91 Å². The normalized spacial score (nSPS) is 29.3. The zero-order valence-corrected chi connectivity index (χ0v) is 12.7. The lowest BCUT2D eigenvalue weighted by atomic mass is 9.85. The number of aliphatic hydroxyl groups is 1. The Balaban J connectivity index is 1.72. The number of piperazine rings is 1. The van der Waals surface area contributed by atoms with Gasteiger partial charge in [0.1, 0.15) is 0 Å². The van der Waals surface area contributed by atoms with Crippen molar-refractivity contribution in [1.82, 2.24) is 15.1 Å². The van der Waals surface area contributed by atoms with Crippen molar-refractivity contribution in [2.75, 3.05) is 45.9 Å². The van der Waals surface area contributed by atoms with Crippen LogP contribution in [0.4, 0.5) is 0 Å². The fraction of sp³-hybridized carbons (Fsp3) is 0.933. The fourth-order valence-electron chi connectivity index (χ4n) is 3.34. The zero-order valence-electron chi connectivity index (χ0n) is 12.7. The van der Waals surface area contributed by atoms with Gasteiger partial charge in [-0.1, -0.05) is 19.8 Å². The average Bonchev–Trinajstić information content (AvgIpc) is 2.48. The van der Waals surface area contributed by atoms with Gasteiger partial charge in [0.25, 0.3) is 0 Å². The van der Waals surface area contributed by atoms with E-state index in [0.29, 0.717) is 6.54 Å². The van der Waals surface area contributed by atoms with Crippen molar-refractivity contribution in [3.05, 3.63) is 0 Å². The summed E-state index contributed by atoms with van der Waals surface area (Å²) in [6, 6.07) is 0.179. The minimum Gasteiger partial charge on any atom is -0.396 e. The number of carbonyl (C=O) groups is 1. The Hall–Kier alpha value is -0.650. The van der Waals surface area contributed by atoms with Crippen LogP contribution in [0.1, 0.15) is 32.6 Å². The Morgan fingerprint density at radius 2 is 1.80 bits per heavy atom. The van der Waals surface area contributed by atoms with Crippen LogP contribution in [0.15, 0.2) is 0 Å². The number of nitrogens with zero attached hydrogens (tertiary/aromatic N) is 2. The van der Waals surface area contributed by atoms with Crippen LogP contribution >= 0.6 is 0 Å². The van der Waals surface area contributed by atoms with Gasteiger partial charge in [-0.3, -0.25) is 9.69 Å². The summed E-state index contributed by atoms with van der Waals surface area (Å²) in [7, 11) is 0. The molecule has 5 heteroatoms. The number of hydrogen-bond donors (Lipinski definition) is 2. The van der Waals surface area contributed by atoms with E-state index in [1.54, 1.807) is 0 Å². The number of carbonyl (C=O) groups excluding carboxylic acids is 1. The lowest BCUT2D eigenvalue weighted by Gasteiger charge is -2.35. The van der Waals surface area contributed by atoms with Crippen LogP contribution in [0.25, 0.3) is 0 Å². The molecule has 1 aliphatic carbocycles. The third-order valence-electron chi connectivity index (χ3n) is 4.77. The summed E-state index contributed by atoms with van der Waals surface area (Å²) < 4.78 is 0. The molecule has 0 spiro atoms. The summed E-state index contributed by atoms with van der Waals surface area (Å²) in [5, 5.41) is 12.5. The second-order valence-corrected chi connectivity index (χ2v) is 6.11. The number of nitrogens with one attached hydrogen (secondary N) is 1. The van der Waals surface area contributed by atoms with Crippen molar-refractivity contribution in [2.24, 2.45) is 5.92 Å². The van der Waals surface area contributed by atoms with Crippen LogP contribution in [0, 0.1) is 5.92 Å². The zero-order chi connectivity index (χ0) is 14.4. The maximum Gasteiger partial charge on any atom is 0.234 e. The molecule has 1 saturated heterocycles. The van der Waals surface area contributed by atoms with Crippen molar-refractivity contribution in [3.8, 4) is 0 Å². The first-order valence-corrected chi connectivity index (χ1v) is 8.08. The van der Waals surface area contributed by atoms with Crippen molar-refractivity contribution in [2.45, 2.75) is 38.6 Å². The highest BCUT2D eigenvalue weighted by Gasteiger charge is 2.26. The maximum absolute atomic E-state index is 12.1. The van der Waals surface area contributed by atoms with Crippen molar-refractivity contribution < 1.29 is 9.90 Å². The van der Waals surface area contributed by atoms with Crippen molar-refractivity contribution in [3.63, 3.8) is 0 Å². The number of aliphatic hydroxyl groups excluding tert-OH is 1. The Morgan fingerprint density at radius 1 is 1.15 bits per heavy atom.